The number of aryl methyl sites for hydroxylation is 1. The van der Waals surface area contributed by atoms with E-state index in [-0.39, 0.29) is 13.1 Å². The van der Waals surface area contributed by atoms with Crippen LogP contribution in [0, 0.1) is 12.7 Å². The van der Waals surface area contributed by atoms with Gasteiger partial charge in [0.25, 0.3) is 11.5 Å². The minimum atomic E-state index is -0.829. The molecule has 1 amide bonds. The zero-order valence-corrected chi connectivity index (χ0v) is 18.9. The van der Waals surface area contributed by atoms with E-state index < -0.39 is 28.7 Å². The van der Waals surface area contributed by atoms with Crippen LogP contribution in [0.3, 0.4) is 0 Å². The smallest absolute Gasteiger partial charge is 0.346 e. The monoisotopic (exact) mass is 478 g/mol. The molecule has 1 heterocycles. The Kier molecular flexibility index (Phi) is 6.70. The number of halogens is 2. The van der Waals surface area contributed by atoms with E-state index >= 15 is 0 Å². The first-order valence-electron chi connectivity index (χ1n) is 10.4. The summed E-state index contributed by atoms with van der Waals surface area (Å²) in [4.78, 5) is 39.3. The topological polar surface area (TPSA) is 86.0 Å². The number of benzene rings is 3. The van der Waals surface area contributed by atoms with Gasteiger partial charge in [0.2, 0.25) is 5.69 Å². The van der Waals surface area contributed by atoms with Gasteiger partial charge in [-0.1, -0.05) is 53.6 Å². The molecule has 4 rings (SSSR count). The Balaban J connectivity index is 1.76. The van der Waals surface area contributed by atoms with Crippen LogP contribution in [0.15, 0.2) is 82.4 Å². The summed E-state index contributed by atoms with van der Waals surface area (Å²) in [6.07, 6.45) is 0. The number of nitrogens with zero attached hydrogens (tertiary/aromatic N) is 3. The maximum absolute atomic E-state index is 13.2. The molecular formula is C25H20ClFN4O3. The lowest BCUT2D eigenvalue weighted by Gasteiger charge is -2.13. The van der Waals surface area contributed by atoms with Crippen molar-refractivity contribution in [2.75, 3.05) is 0 Å². The number of nitrogens with one attached hydrogen (secondary N) is 1. The Morgan fingerprint density at radius 1 is 1.00 bits per heavy atom. The van der Waals surface area contributed by atoms with Crippen molar-refractivity contribution < 1.29 is 9.18 Å². The Hall–Kier alpha value is -4.04. The van der Waals surface area contributed by atoms with Crippen molar-refractivity contribution in [3.63, 3.8) is 0 Å². The number of aromatic nitrogens is 3. The van der Waals surface area contributed by atoms with Crippen molar-refractivity contribution in [3.05, 3.63) is 127 Å². The highest BCUT2D eigenvalue weighted by molar-refractivity contribution is 6.30. The van der Waals surface area contributed by atoms with Crippen molar-refractivity contribution in [3.8, 4) is 5.69 Å². The molecule has 0 aliphatic heterocycles. The van der Waals surface area contributed by atoms with Crippen LogP contribution in [-0.2, 0) is 13.1 Å². The van der Waals surface area contributed by atoms with Gasteiger partial charge in [-0.15, -0.1) is 0 Å². The van der Waals surface area contributed by atoms with Crippen molar-refractivity contribution in [2.45, 2.75) is 20.0 Å². The number of carbonyl (C=O) groups excluding carboxylic acids is 1. The third-order valence-corrected chi connectivity index (χ3v) is 5.38. The fourth-order valence-corrected chi connectivity index (χ4v) is 3.55. The highest BCUT2D eigenvalue weighted by Crippen LogP contribution is 2.11. The first-order valence-corrected chi connectivity index (χ1v) is 10.8. The molecule has 0 radical (unpaired) electrons. The SMILES string of the molecule is Cc1ccc(-n2nc(C(=O)NCc3ccc(F)cc3)c(=O)n(Cc3cccc(Cl)c3)c2=O)cc1. The van der Waals surface area contributed by atoms with Crippen LogP contribution in [0.4, 0.5) is 4.39 Å². The number of hydrogen-bond donors (Lipinski definition) is 1. The Morgan fingerprint density at radius 3 is 2.38 bits per heavy atom. The standard InChI is InChI=1S/C25H20ClFN4O3/c1-16-5-11-21(12-6-16)31-25(34)30(15-18-3-2-4-19(26)13-18)24(33)22(29-31)23(32)28-14-17-7-9-20(27)10-8-17/h2-13H,14-15H2,1H3,(H,28,32). The molecule has 7 nitrogen and oxygen atoms in total. The van der Waals surface area contributed by atoms with Crippen LogP contribution in [0.2, 0.25) is 5.02 Å². The molecule has 1 N–H and O–H groups in total. The molecule has 4 aromatic rings. The van der Waals surface area contributed by atoms with E-state index in [0.717, 1.165) is 14.8 Å². The zero-order chi connectivity index (χ0) is 24.2. The lowest BCUT2D eigenvalue weighted by Crippen LogP contribution is -2.46. The lowest BCUT2D eigenvalue weighted by molar-refractivity contribution is 0.0941. The molecule has 172 valence electrons. The van der Waals surface area contributed by atoms with Gasteiger partial charge in [-0.05, 0) is 54.4 Å². The predicted octanol–water partition coefficient (Wildman–Crippen LogP) is 3.47. The summed E-state index contributed by atoms with van der Waals surface area (Å²) in [6.45, 7) is 1.86. The number of hydrogen-bond acceptors (Lipinski definition) is 4. The minimum Gasteiger partial charge on any atom is -0.346 e. The zero-order valence-electron chi connectivity index (χ0n) is 18.2. The van der Waals surface area contributed by atoms with Crippen LogP contribution in [0.5, 0.6) is 0 Å². The highest BCUT2D eigenvalue weighted by atomic mass is 35.5. The number of rotatable bonds is 6. The second-order valence-electron chi connectivity index (χ2n) is 7.71. The van der Waals surface area contributed by atoms with Crippen molar-refractivity contribution >= 4 is 17.5 Å². The molecule has 9 heteroatoms. The number of amides is 1. The van der Waals surface area contributed by atoms with Gasteiger partial charge in [0.1, 0.15) is 5.82 Å². The molecule has 3 aromatic carbocycles. The van der Waals surface area contributed by atoms with Crippen LogP contribution in [0.25, 0.3) is 5.69 Å². The summed E-state index contributed by atoms with van der Waals surface area (Å²) < 4.78 is 15.1. The van der Waals surface area contributed by atoms with Crippen molar-refractivity contribution in [1.29, 1.82) is 0 Å². The summed E-state index contributed by atoms with van der Waals surface area (Å²) in [5, 5.41) is 7.15. The van der Waals surface area contributed by atoms with E-state index in [4.69, 9.17) is 11.6 Å². The fourth-order valence-electron chi connectivity index (χ4n) is 3.34. The molecular weight excluding hydrogens is 459 g/mol. The molecule has 0 bridgehead atoms. The molecule has 0 saturated heterocycles. The molecule has 0 spiro atoms. The van der Waals surface area contributed by atoms with E-state index in [2.05, 4.69) is 10.4 Å². The molecule has 0 atom stereocenters. The molecule has 0 aliphatic rings. The third kappa shape index (κ3) is 5.13. The van der Waals surface area contributed by atoms with Gasteiger partial charge < -0.3 is 5.32 Å². The second kappa shape index (κ2) is 9.84. The average molecular weight is 479 g/mol. The van der Waals surface area contributed by atoms with E-state index in [1.807, 2.05) is 6.92 Å². The lowest BCUT2D eigenvalue weighted by atomic mass is 10.2. The highest BCUT2D eigenvalue weighted by Gasteiger charge is 2.20. The minimum absolute atomic E-state index is 0.0538. The maximum Gasteiger partial charge on any atom is 0.352 e. The van der Waals surface area contributed by atoms with E-state index in [9.17, 15) is 18.8 Å². The molecule has 34 heavy (non-hydrogen) atoms. The average Bonchev–Trinajstić information content (AvgIpc) is 2.82. The van der Waals surface area contributed by atoms with Gasteiger partial charge in [-0.3, -0.25) is 14.2 Å². The van der Waals surface area contributed by atoms with Gasteiger partial charge >= 0.3 is 5.69 Å². The largest absolute Gasteiger partial charge is 0.352 e. The van der Waals surface area contributed by atoms with Crippen LogP contribution >= 0.6 is 11.6 Å². The molecule has 0 aliphatic carbocycles. The van der Waals surface area contributed by atoms with Crippen LogP contribution < -0.4 is 16.6 Å². The predicted molar refractivity (Wildman–Crippen MR) is 127 cm³/mol. The van der Waals surface area contributed by atoms with Gasteiger partial charge in [-0.2, -0.15) is 9.78 Å². The first-order chi connectivity index (χ1) is 16.3. The van der Waals surface area contributed by atoms with E-state index in [1.54, 1.807) is 48.5 Å². The van der Waals surface area contributed by atoms with Crippen LogP contribution in [0.1, 0.15) is 27.2 Å². The number of carbonyl (C=O) groups is 1. The molecule has 0 fully saturated rings. The van der Waals surface area contributed by atoms with Crippen LogP contribution in [-0.4, -0.2) is 20.3 Å². The summed E-state index contributed by atoms with van der Waals surface area (Å²) in [7, 11) is 0. The van der Waals surface area contributed by atoms with E-state index in [1.165, 1.54) is 24.3 Å². The Bertz CT molecular complexity index is 1460. The fraction of sp³-hybridized carbons (Fsp3) is 0.120. The van der Waals surface area contributed by atoms with Crippen molar-refractivity contribution in [2.24, 2.45) is 0 Å². The maximum atomic E-state index is 13.2. The third-order valence-electron chi connectivity index (χ3n) is 5.15. The molecule has 0 unspecified atom stereocenters. The molecule has 1 aromatic heterocycles. The first kappa shape index (κ1) is 23.1. The summed E-state index contributed by atoms with van der Waals surface area (Å²) in [5.74, 6) is -1.15. The van der Waals surface area contributed by atoms with Gasteiger partial charge in [0, 0.05) is 11.6 Å². The van der Waals surface area contributed by atoms with Gasteiger partial charge in [0.15, 0.2) is 0 Å². The normalized spacial score (nSPS) is 10.8. The van der Waals surface area contributed by atoms with Gasteiger partial charge in [-0.25, -0.2) is 9.18 Å². The Morgan fingerprint density at radius 2 is 1.71 bits per heavy atom. The van der Waals surface area contributed by atoms with Gasteiger partial charge in [0.05, 0.1) is 12.2 Å². The Labute approximate surface area is 199 Å². The second-order valence-corrected chi connectivity index (χ2v) is 8.15. The van der Waals surface area contributed by atoms with Crippen molar-refractivity contribution in [1.82, 2.24) is 19.7 Å². The summed E-state index contributed by atoms with van der Waals surface area (Å²) in [5.41, 5.74) is 0.675. The van der Waals surface area contributed by atoms with E-state index in [0.29, 0.717) is 21.8 Å². The molecule has 0 saturated carbocycles. The summed E-state index contributed by atoms with van der Waals surface area (Å²) in [6, 6.07) is 19.3. The summed E-state index contributed by atoms with van der Waals surface area (Å²) >= 11 is 6.05. The quantitative estimate of drug-likeness (QED) is 0.460.